The number of aromatic amines is 1. The van der Waals surface area contributed by atoms with Crippen LogP contribution in [0.15, 0.2) is 35.1 Å². The Morgan fingerprint density at radius 3 is 2.44 bits per heavy atom. The SMILES string of the molecule is CCN(CC)C(=O)c1ccc(Cl)c(NC(=O)c2ccc(C)[nH]c2=O)c1. The number of halogens is 1. The van der Waals surface area contributed by atoms with Gasteiger partial charge in [-0.05, 0) is 51.1 Å². The number of carbonyl (C=O) groups is 2. The van der Waals surface area contributed by atoms with Gasteiger partial charge in [0.25, 0.3) is 17.4 Å². The minimum atomic E-state index is -0.587. The first-order valence-electron chi connectivity index (χ1n) is 7.97. The Bertz CT molecular complexity index is 857. The minimum absolute atomic E-state index is 0.0258. The summed E-state index contributed by atoms with van der Waals surface area (Å²) in [5, 5.41) is 2.88. The van der Waals surface area contributed by atoms with Crippen LogP contribution in [-0.2, 0) is 0 Å². The largest absolute Gasteiger partial charge is 0.339 e. The van der Waals surface area contributed by atoms with Crippen molar-refractivity contribution in [3.8, 4) is 0 Å². The number of aromatic nitrogens is 1. The van der Waals surface area contributed by atoms with E-state index in [1.807, 2.05) is 13.8 Å². The van der Waals surface area contributed by atoms with Gasteiger partial charge in [-0.3, -0.25) is 14.4 Å². The fourth-order valence-electron chi connectivity index (χ4n) is 2.39. The summed E-state index contributed by atoms with van der Waals surface area (Å²) in [5.41, 5.74) is 0.850. The number of nitrogens with one attached hydrogen (secondary N) is 2. The molecule has 0 saturated carbocycles. The number of benzene rings is 1. The number of carbonyl (C=O) groups excluding carboxylic acids is 2. The molecule has 2 N–H and O–H groups in total. The monoisotopic (exact) mass is 361 g/mol. The molecule has 2 amide bonds. The van der Waals surface area contributed by atoms with Crippen LogP contribution >= 0.6 is 11.6 Å². The molecule has 132 valence electrons. The van der Waals surface area contributed by atoms with Crippen LogP contribution in [-0.4, -0.2) is 34.8 Å². The smallest absolute Gasteiger partial charge is 0.261 e. The predicted molar refractivity (Wildman–Crippen MR) is 98.5 cm³/mol. The van der Waals surface area contributed by atoms with Gasteiger partial charge in [-0.25, -0.2) is 0 Å². The molecule has 1 aromatic carbocycles. The molecule has 0 radical (unpaired) electrons. The summed E-state index contributed by atoms with van der Waals surface area (Å²) in [6, 6.07) is 7.76. The number of hydrogen-bond donors (Lipinski definition) is 2. The van der Waals surface area contributed by atoms with Crippen LogP contribution in [0.3, 0.4) is 0 Å². The number of H-pyrrole nitrogens is 1. The molecule has 1 heterocycles. The number of aryl methyl sites for hydroxylation is 1. The Kier molecular flexibility index (Phi) is 5.98. The Morgan fingerprint density at radius 1 is 1.16 bits per heavy atom. The molecule has 7 heteroatoms. The normalized spacial score (nSPS) is 10.4. The molecule has 0 unspecified atom stereocenters. The molecular weight excluding hydrogens is 342 g/mol. The van der Waals surface area contributed by atoms with Crippen molar-refractivity contribution in [2.45, 2.75) is 20.8 Å². The van der Waals surface area contributed by atoms with Gasteiger partial charge in [-0.2, -0.15) is 0 Å². The quantitative estimate of drug-likeness (QED) is 0.858. The predicted octanol–water partition coefficient (Wildman–Crippen LogP) is 3.07. The van der Waals surface area contributed by atoms with Gasteiger partial charge in [0.05, 0.1) is 10.7 Å². The van der Waals surface area contributed by atoms with Crippen molar-refractivity contribution in [3.05, 3.63) is 62.5 Å². The summed E-state index contributed by atoms with van der Waals surface area (Å²) in [6.07, 6.45) is 0. The van der Waals surface area contributed by atoms with E-state index in [4.69, 9.17) is 11.6 Å². The maximum Gasteiger partial charge on any atom is 0.261 e. The highest BCUT2D eigenvalue weighted by molar-refractivity contribution is 6.34. The maximum absolute atomic E-state index is 12.4. The van der Waals surface area contributed by atoms with Gasteiger partial charge >= 0.3 is 0 Å². The van der Waals surface area contributed by atoms with E-state index >= 15 is 0 Å². The number of pyridine rings is 1. The third kappa shape index (κ3) is 4.28. The Morgan fingerprint density at radius 2 is 1.84 bits per heavy atom. The lowest BCUT2D eigenvalue weighted by Crippen LogP contribution is -2.30. The number of nitrogens with zero attached hydrogens (tertiary/aromatic N) is 1. The van der Waals surface area contributed by atoms with Crippen LogP contribution in [0.2, 0.25) is 5.02 Å². The molecule has 0 bridgehead atoms. The lowest BCUT2D eigenvalue weighted by atomic mass is 10.1. The second kappa shape index (κ2) is 7.98. The van der Waals surface area contributed by atoms with Crippen molar-refractivity contribution in [1.82, 2.24) is 9.88 Å². The van der Waals surface area contributed by atoms with Crippen LogP contribution < -0.4 is 10.9 Å². The zero-order valence-electron chi connectivity index (χ0n) is 14.4. The third-order valence-corrected chi connectivity index (χ3v) is 4.14. The molecule has 2 rings (SSSR count). The van der Waals surface area contributed by atoms with Crippen molar-refractivity contribution in [2.75, 3.05) is 18.4 Å². The highest BCUT2D eigenvalue weighted by Gasteiger charge is 2.16. The molecule has 0 aliphatic heterocycles. The van der Waals surface area contributed by atoms with Crippen molar-refractivity contribution < 1.29 is 9.59 Å². The molecule has 0 aliphatic carbocycles. The lowest BCUT2D eigenvalue weighted by molar-refractivity contribution is 0.0772. The van der Waals surface area contributed by atoms with E-state index < -0.39 is 11.5 Å². The van der Waals surface area contributed by atoms with Crippen LogP contribution in [0, 0.1) is 6.92 Å². The summed E-state index contributed by atoms with van der Waals surface area (Å²) in [6.45, 7) is 6.67. The summed E-state index contributed by atoms with van der Waals surface area (Å²) >= 11 is 6.12. The van der Waals surface area contributed by atoms with Crippen molar-refractivity contribution in [3.63, 3.8) is 0 Å². The van der Waals surface area contributed by atoms with Gasteiger partial charge in [-0.1, -0.05) is 11.6 Å². The Hall–Kier alpha value is -2.60. The van der Waals surface area contributed by atoms with Gasteiger partial charge in [0, 0.05) is 24.3 Å². The van der Waals surface area contributed by atoms with Gasteiger partial charge in [0.1, 0.15) is 5.56 Å². The van der Waals surface area contributed by atoms with Crippen LogP contribution in [0.1, 0.15) is 40.3 Å². The fraction of sp³-hybridized carbons (Fsp3) is 0.278. The Balaban J connectivity index is 2.30. The molecule has 1 aromatic heterocycles. The molecule has 0 saturated heterocycles. The van der Waals surface area contributed by atoms with Crippen molar-refractivity contribution in [2.24, 2.45) is 0 Å². The second-order valence-corrected chi connectivity index (χ2v) is 5.92. The standard InChI is InChI=1S/C18H20ClN3O3/c1-4-22(5-2)18(25)12-7-9-14(19)15(10-12)21-17(24)13-8-6-11(3)20-16(13)23/h6-10H,4-5H2,1-3H3,(H,20,23)(H,21,24). The van der Waals surface area contributed by atoms with Crippen molar-refractivity contribution in [1.29, 1.82) is 0 Å². The average molecular weight is 362 g/mol. The molecule has 0 aliphatic rings. The number of amides is 2. The van der Waals surface area contributed by atoms with Crippen LogP contribution in [0.4, 0.5) is 5.69 Å². The van der Waals surface area contributed by atoms with Gasteiger partial charge in [0.2, 0.25) is 0 Å². The van der Waals surface area contributed by atoms with Gasteiger partial charge in [-0.15, -0.1) is 0 Å². The topological polar surface area (TPSA) is 82.3 Å². The van der Waals surface area contributed by atoms with E-state index in [0.29, 0.717) is 24.3 Å². The molecule has 0 fully saturated rings. The van der Waals surface area contributed by atoms with Gasteiger partial charge in [0.15, 0.2) is 0 Å². The second-order valence-electron chi connectivity index (χ2n) is 5.51. The number of rotatable bonds is 5. The van der Waals surface area contributed by atoms with E-state index in [-0.39, 0.29) is 22.2 Å². The van der Waals surface area contributed by atoms with E-state index in [0.717, 1.165) is 0 Å². The highest BCUT2D eigenvalue weighted by Crippen LogP contribution is 2.24. The summed E-state index contributed by atoms with van der Waals surface area (Å²) in [7, 11) is 0. The third-order valence-electron chi connectivity index (χ3n) is 3.81. The summed E-state index contributed by atoms with van der Waals surface area (Å²) in [5.74, 6) is -0.735. The van der Waals surface area contributed by atoms with Gasteiger partial charge < -0.3 is 15.2 Å². The van der Waals surface area contributed by atoms with E-state index in [9.17, 15) is 14.4 Å². The first-order valence-corrected chi connectivity index (χ1v) is 8.35. The minimum Gasteiger partial charge on any atom is -0.339 e. The first kappa shape index (κ1) is 18.7. The van der Waals surface area contributed by atoms with Crippen molar-refractivity contribution >= 4 is 29.1 Å². The summed E-state index contributed by atoms with van der Waals surface area (Å²) < 4.78 is 0. The van der Waals surface area contributed by atoms with E-state index in [2.05, 4.69) is 10.3 Å². The average Bonchev–Trinajstić information content (AvgIpc) is 2.57. The number of anilines is 1. The summed E-state index contributed by atoms with van der Waals surface area (Å²) in [4.78, 5) is 40.9. The molecule has 0 atom stereocenters. The molecule has 6 nitrogen and oxygen atoms in total. The lowest BCUT2D eigenvalue weighted by Gasteiger charge is -2.19. The maximum atomic E-state index is 12.4. The van der Waals surface area contributed by atoms with Crippen LogP contribution in [0.25, 0.3) is 0 Å². The molecule has 0 spiro atoms. The highest BCUT2D eigenvalue weighted by atomic mass is 35.5. The van der Waals surface area contributed by atoms with E-state index in [1.165, 1.54) is 12.1 Å². The van der Waals surface area contributed by atoms with E-state index in [1.54, 1.807) is 30.0 Å². The fourth-order valence-corrected chi connectivity index (χ4v) is 2.55. The molecular formula is C18H20ClN3O3. The zero-order chi connectivity index (χ0) is 18.6. The number of hydrogen-bond acceptors (Lipinski definition) is 3. The van der Waals surface area contributed by atoms with Crippen LogP contribution in [0.5, 0.6) is 0 Å². The Labute approximate surface area is 150 Å². The first-order chi connectivity index (χ1) is 11.9. The molecule has 2 aromatic rings. The zero-order valence-corrected chi connectivity index (χ0v) is 15.1. The molecule has 25 heavy (non-hydrogen) atoms.